The van der Waals surface area contributed by atoms with Gasteiger partial charge in [-0.1, -0.05) is 23.7 Å². The maximum Gasteiger partial charge on any atom is 0.0572 e. The molecule has 0 N–H and O–H groups in total. The Balaban J connectivity index is 2.08. The van der Waals surface area contributed by atoms with Crippen molar-refractivity contribution < 1.29 is 0 Å². The molecule has 0 spiro atoms. The minimum atomic E-state index is 0.474. The van der Waals surface area contributed by atoms with E-state index in [-0.39, 0.29) is 0 Å². The molecular weight excluding hydrogens is 244 g/mol. The second kappa shape index (κ2) is 3.62. The normalized spacial score (nSPS) is 23.0. The summed E-state index contributed by atoms with van der Waals surface area (Å²) in [5.74, 6) is 0. The Hall–Kier alpha value is -1.25. The zero-order valence-corrected chi connectivity index (χ0v) is 11.1. The number of rotatable bonds is 0. The van der Waals surface area contributed by atoms with Crippen LogP contribution in [0.15, 0.2) is 30.5 Å². The molecule has 2 aliphatic heterocycles. The number of hydrogen-bond donors (Lipinski definition) is 0. The van der Waals surface area contributed by atoms with Crippen LogP contribution >= 0.6 is 11.6 Å². The quantitative estimate of drug-likeness (QED) is 0.703. The van der Waals surface area contributed by atoms with Gasteiger partial charge < -0.3 is 4.57 Å². The number of aromatic nitrogens is 1. The molecule has 3 heterocycles. The molecule has 18 heavy (non-hydrogen) atoms. The average molecular weight is 259 g/mol. The van der Waals surface area contributed by atoms with Gasteiger partial charge >= 0.3 is 0 Å². The molecule has 0 saturated carbocycles. The van der Waals surface area contributed by atoms with Crippen LogP contribution in [-0.2, 0) is 6.54 Å². The number of nitrogens with zero attached hydrogens (tertiary/aromatic N) is 2. The lowest BCUT2D eigenvalue weighted by Gasteiger charge is -2.38. The Labute approximate surface area is 111 Å². The molecule has 0 aliphatic carbocycles. The molecule has 92 valence electrons. The van der Waals surface area contributed by atoms with E-state index >= 15 is 0 Å². The van der Waals surface area contributed by atoms with Crippen LogP contribution in [0.2, 0.25) is 5.02 Å². The Morgan fingerprint density at radius 1 is 1.28 bits per heavy atom. The van der Waals surface area contributed by atoms with E-state index in [0.29, 0.717) is 6.04 Å². The van der Waals surface area contributed by atoms with Crippen LogP contribution in [-0.4, -0.2) is 29.1 Å². The standard InChI is InChI=1S/C15H15ClN2/c1-17-7-2-3-11-13(17)9-18-8-6-10-4-5-12(16)14(11)15(10)18/h3-6,8,13H,2,7,9H2,1H3/t13-/m1/s1. The van der Waals surface area contributed by atoms with E-state index in [1.165, 1.54) is 22.0 Å². The topological polar surface area (TPSA) is 8.17 Å². The Morgan fingerprint density at radius 3 is 3.06 bits per heavy atom. The first-order valence-corrected chi connectivity index (χ1v) is 6.81. The van der Waals surface area contributed by atoms with Gasteiger partial charge in [-0.05, 0) is 31.2 Å². The van der Waals surface area contributed by atoms with Crippen molar-refractivity contribution in [2.75, 3.05) is 13.6 Å². The summed E-state index contributed by atoms with van der Waals surface area (Å²) in [6, 6.07) is 6.81. The lowest BCUT2D eigenvalue weighted by Crippen LogP contribution is -2.41. The molecule has 2 aliphatic rings. The van der Waals surface area contributed by atoms with Crippen molar-refractivity contribution >= 4 is 28.1 Å². The van der Waals surface area contributed by atoms with Gasteiger partial charge in [-0.3, -0.25) is 4.90 Å². The molecule has 0 bridgehead atoms. The minimum absolute atomic E-state index is 0.474. The zero-order chi connectivity index (χ0) is 12.3. The summed E-state index contributed by atoms with van der Waals surface area (Å²) in [7, 11) is 2.21. The molecular formula is C15H15ClN2. The Bertz CT molecular complexity index is 668. The van der Waals surface area contributed by atoms with Crippen molar-refractivity contribution in [2.45, 2.75) is 19.0 Å². The summed E-state index contributed by atoms with van der Waals surface area (Å²) >= 11 is 6.46. The molecule has 3 heteroatoms. The van der Waals surface area contributed by atoms with Crippen LogP contribution in [0.3, 0.4) is 0 Å². The molecule has 2 aromatic rings. The van der Waals surface area contributed by atoms with E-state index in [9.17, 15) is 0 Å². The summed E-state index contributed by atoms with van der Waals surface area (Å²) < 4.78 is 2.35. The van der Waals surface area contributed by atoms with Crippen molar-refractivity contribution in [1.82, 2.24) is 9.47 Å². The largest absolute Gasteiger partial charge is 0.345 e. The number of halogens is 1. The van der Waals surface area contributed by atoms with E-state index in [4.69, 9.17) is 11.6 Å². The van der Waals surface area contributed by atoms with Gasteiger partial charge in [-0.15, -0.1) is 0 Å². The molecule has 0 saturated heterocycles. The van der Waals surface area contributed by atoms with E-state index < -0.39 is 0 Å². The Morgan fingerprint density at radius 2 is 2.17 bits per heavy atom. The van der Waals surface area contributed by atoms with Gasteiger partial charge in [0.1, 0.15) is 0 Å². The molecule has 0 fully saturated rings. The summed E-state index contributed by atoms with van der Waals surface area (Å²) in [5.41, 5.74) is 3.98. The van der Waals surface area contributed by atoms with E-state index in [0.717, 1.165) is 24.5 Å². The highest BCUT2D eigenvalue weighted by Gasteiger charge is 2.31. The number of benzene rings is 1. The van der Waals surface area contributed by atoms with Gasteiger partial charge in [0, 0.05) is 30.2 Å². The third-order valence-corrected chi connectivity index (χ3v) is 4.59. The second-order valence-corrected chi connectivity index (χ2v) is 5.68. The van der Waals surface area contributed by atoms with E-state index in [1.54, 1.807) is 0 Å². The molecule has 1 atom stereocenters. The van der Waals surface area contributed by atoms with Crippen LogP contribution in [0.4, 0.5) is 0 Å². The second-order valence-electron chi connectivity index (χ2n) is 5.27. The maximum atomic E-state index is 6.46. The maximum absolute atomic E-state index is 6.46. The third-order valence-electron chi connectivity index (χ3n) is 4.27. The van der Waals surface area contributed by atoms with Crippen molar-refractivity contribution in [1.29, 1.82) is 0 Å². The highest BCUT2D eigenvalue weighted by molar-refractivity contribution is 6.33. The monoisotopic (exact) mass is 258 g/mol. The molecule has 1 aromatic heterocycles. The van der Waals surface area contributed by atoms with Crippen molar-refractivity contribution in [2.24, 2.45) is 0 Å². The summed E-state index contributed by atoms with van der Waals surface area (Å²) in [4.78, 5) is 2.44. The van der Waals surface area contributed by atoms with Gasteiger partial charge in [0.05, 0.1) is 16.6 Å². The first-order chi connectivity index (χ1) is 8.75. The van der Waals surface area contributed by atoms with Crippen LogP contribution in [0.1, 0.15) is 12.0 Å². The fourth-order valence-corrected chi connectivity index (χ4v) is 3.61. The minimum Gasteiger partial charge on any atom is -0.345 e. The summed E-state index contributed by atoms with van der Waals surface area (Å²) in [6.07, 6.45) is 5.68. The number of hydrogen-bond acceptors (Lipinski definition) is 1. The fourth-order valence-electron chi connectivity index (χ4n) is 3.34. The van der Waals surface area contributed by atoms with Gasteiger partial charge in [0.2, 0.25) is 0 Å². The summed E-state index contributed by atoms with van der Waals surface area (Å²) in [6.45, 7) is 2.18. The van der Waals surface area contributed by atoms with Crippen molar-refractivity contribution in [3.8, 4) is 0 Å². The van der Waals surface area contributed by atoms with Gasteiger partial charge in [-0.25, -0.2) is 0 Å². The van der Waals surface area contributed by atoms with Crippen LogP contribution in [0.5, 0.6) is 0 Å². The first kappa shape index (κ1) is 10.7. The summed E-state index contributed by atoms with van der Waals surface area (Å²) in [5, 5.41) is 2.18. The van der Waals surface area contributed by atoms with Gasteiger partial charge in [0.15, 0.2) is 0 Å². The van der Waals surface area contributed by atoms with Gasteiger partial charge in [-0.2, -0.15) is 0 Å². The predicted octanol–water partition coefficient (Wildman–Crippen LogP) is 3.40. The number of likely N-dealkylation sites (N-methyl/N-ethyl adjacent to an activating group) is 1. The van der Waals surface area contributed by atoms with Crippen molar-refractivity contribution in [3.05, 3.63) is 41.1 Å². The molecule has 4 rings (SSSR count). The molecule has 1 aromatic carbocycles. The molecule has 0 amide bonds. The SMILES string of the molecule is CN1CCC=C2c3c(Cl)ccc4ccn(c34)C[C@H]21. The van der Waals surface area contributed by atoms with Crippen LogP contribution < -0.4 is 0 Å². The van der Waals surface area contributed by atoms with Crippen LogP contribution in [0.25, 0.3) is 16.5 Å². The zero-order valence-electron chi connectivity index (χ0n) is 10.4. The van der Waals surface area contributed by atoms with E-state index in [1.807, 2.05) is 6.07 Å². The molecule has 2 nitrogen and oxygen atoms in total. The fraction of sp³-hybridized carbons (Fsp3) is 0.333. The third kappa shape index (κ3) is 1.28. The highest BCUT2D eigenvalue weighted by atomic mass is 35.5. The Kier molecular flexibility index (Phi) is 2.14. The smallest absolute Gasteiger partial charge is 0.0572 e. The van der Waals surface area contributed by atoms with Gasteiger partial charge in [0.25, 0.3) is 0 Å². The predicted molar refractivity (Wildman–Crippen MR) is 76.0 cm³/mol. The highest BCUT2D eigenvalue weighted by Crippen LogP contribution is 2.40. The molecule has 0 unspecified atom stereocenters. The lowest BCUT2D eigenvalue weighted by atomic mass is 9.89. The van der Waals surface area contributed by atoms with Crippen LogP contribution in [0, 0.1) is 0 Å². The first-order valence-electron chi connectivity index (χ1n) is 6.44. The van der Waals surface area contributed by atoms with E-state index in [2.05, 4.69) is 40.9 Å². The lowest BCUT2D eigenvalue weighted by molar-refractivity contribution is 0.261. The van der Waals surface area contributed by atoms with Crippen molar-refractivity contribution in [3.63, 3.8) is 0 Å². The molecule has 0 radical (unpaired) electrons. The average Bonchev–Trinajstić information content (AvgIpc) is 2.78. The number of fused-ring (bicyclic) bond motifs is 2.